The molecule has 34 heavy (non-hydrogen) atoms. The fourth-order valence-electron chi connectivity index (χ4n) is 3.36. The van der Waals surface area contributed by atoms with Gasteiger partial charge in [0.05, 0.1) is 6.10 Å². The van der Waals surface area contributed by atoms with Gasteiger partial charge in [-0.05, 0) is 36.8 Å². The van der Waals surface area contributed by atoms with Crippen LogP contribution < -0.4 is 14.2 Å². The lowest BCUT2D eigenvalue weighted by molar-refractivity contribution is -0.286. The van der Waals surface area contributed by atoms with Crippen LogP contribution in [0.25, 0.3) is 6.08 Å². The van der Waals surface area contributed by atoms with Crippen LogP contribution in [0, 0.1) is 0 Å². The maximum atomic E-state index is 13.1. The van der Waals surface area contributed by atoms with E-state index in [0.717, 1.165) is 0 Å². The van der Waals surface area contributed by atoms with E-state index in [1.54, 1.807) is 16.7 Å². The van der Waals surface area contributed by atoms with E-state index in [1.165, 1.54) is 42.6 Å². The Morgan fingerprint density at radius 1 is 1.18 bits per heavy atom. The summed E-state index contributed by atoms with van der Waals surface area (Å²) in [4.78, 5) is 36.4. The number of aliphatic hydroxyl groups is 1. The summed E-state index contributed by atoms with van der Waals surface area (Å²) in [5.41, 5.74) is 0.656. The molecule has 2 amide bonds. The van der Waals surface area contributed by atoms with Gasteiger partial charge in [0.1, 0.15) is 12.3 Å². The van der Waals surface area contributed by atoms with E-state index in [4.69, 9.17) is 4.74 Å². The third-order valence-electron chi connectivity index (χ3n) is 5.03. The summed E-state index contributed by atoms with van der Waals surface area (Å²) < 4.78 is 40.3. The first-order chi connectivity index (χ1) is 16.2. The Morgan fingerprint density at radius 3 is 2.62 bits per heavy atom. The maximum absolute atomic E-state index is 13.1. The van der Waals surface area contributed by atoms with Crippen molar-refractivity contribution in [2.75, 3.05) is 32.8 Å². The largest absolute Gasteiger partial charge is 0.586 e. The Labute approximate surface area is 193 Å². The highest BCUT2D eigenvalue weighted by molar-refractivity contribution is 5.94. The molecule has 12 heteroatoms. The second kappa shape index (κ2) is 9.59. The maximum Gasteiger partial charge on any atom is 0.586 e. The fourth-order valence-corrected chi connectivity index (χ4v) is 3.36. The number of carbonyl (C=O) groups excluding carboxylic acids is 2. The topological polar surface area (TPSA) is 114 Å². The standard InChI is InChI=1S/C22H22F2N4O6/c1-14(29)13-32-21-25-7-6-16(26-21)20(31)28-10-8-27(9-11-28)19(30)5-3-15-2-4-17-18(12-15)34-22(23,24)33-17/h2-7,12,14,29H,8-11,13H2,1H3/b5-3+/t14-/m0/s1. The lowest BCUT2D eigenvalue weighted by Gasteiger charge is -2.34. The van der Waals surface area contributed by atoms with Gasteiger partial charge in [-0.3, -0.25) is 9.59 Å². The minimum Gasteiger partial charge on any atom is -0.461 e. The van der Waals surface area contributed by atoms with E-state index >= 15 is 0 Å². The van der Waals surface area contributed by atoms with Crippen molar-refractivity contribution in [3.63, 3.8) is 0 Å². The lowest BCUT2D eigenvalue weighted by Crippen LogP contribution is -2.50. The van der Waals surface area contributed by atoms with Crippen LogP contribution in [0.4, 0.5) is 8.78 Å². The number of ether oxygens (including phenoxy) is 3. The number of carbonyl (C=O) groups is 2. The van der Waals surface area contributed by atoms with E-state index in [2.05, 4.69) is 19.4 Å². The van der Waals surface area contributed by atoms with E-state index in [1.807, 2.05) is 0 Å². The van der Waals surface area contributed by atoms with Crippen molar-refractivity contribution in [2.24, 2.45) is 0 Å². The second-order valence-electron chi connectivity index (χ2n) is 7.71. The van der Waals surface area contributed by atoms with Gasteiger partial charge in [0.25, 0.3) is 5.91 Å². The van der Waals surface area contributed by atoms with Gasteiger partial charge in [-0.25, -0.2) is 4.98 Å². The summed E-state index contributed by atoms with van der Waals surface area (Å²) in [6, 6.07) is 5.71. The molecule has 0 saturated carbocycles. The van der Waals surface area contributed by atoms with Crippen molar-refractivity contribution in [3.05, 3.63) is 47.8 Å². The molecule has 2 aromatic rings. The number of alkyl halides is 2. The summed E-state index contributed by atoms with van der Waals surface area (Å²) in [6.07, 6.45) is -0.161. The van der Waals surface area contributed by atoms with E-state index < -0.39 is 12.4 Å². The fraction of sp³-hybridized carbons (Fsp3) is 0.364. The molecule has 0 unspecified atom stereocenters. The highest BCUT2D eigenvalue weighted by atomic mass is 19.3. The second-order valence-corrected chi connectivity index (χ2v) is 7.71. The molecule has 1 aromatic carbocycles. The number of hydrogen-bond donors (Lipinski definition) is 1. The van der Waals surface area contributed by atoms with Crippen LogP contribution in [0.2, 0.25) is 0 Å². The van der Waals surface area contributed by atoms with Crippen molar-refractivity contribution in [2.45, 2.75) is 19.3 Å². The Hall–Kier alpha value is -3.80. The molecule has 1 aromatic heterocycles. The third-order valence-corrected chi connectivity index (χ3v) is 5.03. The number of halogens is 2. The average Bonchev–Trinajstić information content (AvgIpc) is 3.14. The number of amides is 2. The molecule has 10 nitrogen and oxygen atoms in total. The predicted molar refractivity (Wildman–Crippen MR) is 113 cm³/mol. The van der Waals surface area contributed by atoms with Crippen LogP contribution in [0.15, 0.2) is 36.5 Å². The first-order valence-electron chi connectivity index (χ1n) is 10.5. The Bertz CT molecular complexity index is 1100. The SMILES string of the molecule is C[C@H](O)COc1nccc(C(=O)N2CCN(C(=O)/C=C/c3ccc4c(c3)OC(F)(F)O4)CC2)n1. The zero-order valence-corrected chi connectivity index (χ0v) is 18.2. The summed E-state index contributed by atoms with van der Waals surface area (Å²) in [5, 5.41) is 9.29. The average molecular weight is 476 g/mol. The first kappa shape index (κ1) is 23.4. The van der Waals surface area contributed by atoms with Crippen LogP contribution in [-0.2, 0) is 4.79 Å². The van der Waals surface area contributed by atoms with Crippen LogP contribution >= 0.6 is 0 Å². The quantitative estimate of drug-likeness (QED) is 0.625. The molecular weight excluding hydrogens is 454 g/mol. The van der Waals surface area contributed by atoms with Crippen LogP contribution in [0.3, 0.4) is 0 Å². The Balaban J connectivity index is 1.30. The molecule has 180 valence electrons. The van der Waals surface area contributed by atoms with Crippen molar-refractivity contribution < 1.29 is 37.7 Å². The monoisotopic (exact) mass is 476 g/mol. The molecule has 1 atom stereocenters. The highest BCUT2D eigenvalue weighted by Gasteiger charge is 2.43. The number of nitrogens with zero attached hydrogens (tertiary/aromatic N) is 4. The Kier molecular flexibility index (Phi) is 6.59. The minimum atomic E-state index is -3.70. The summed E-state index contributed by atoms with van der Waals surface area (Å²) in [5.74, 6) is -0.759. The van der Waals surface area contributed by atoms with Crippen molar-refractivity contribution in [1.82, 2.24) is 19.8 Å². The van der Waals surface area contributed by atoms with Crippen LogP contribution in [-0.4, -0.2) is 81.9 Å². The van der Waals surface area contributed by atoms with Gasteiger partial charge in [-0.15, -0.1) is 8.78 Å². The molecule has 2 aliphatic rings. The highest BCUT2D eigenvalue weighted by Crippen LogP contribution is 2.41. The third kappa shape index (κ3) is 5.57. The molecule has 0 spiro atoms. The van der Waals surface area contributed by atoms with E-state index in [0.29, 0.717) is 31.7 Å². The van der Waals surface area contributed by atoms with Crippen molar-refractivity contribution in [3.8, 4) is 17.5 Å². The number of piperazine rings is 1. The van der Waals surface area contributed by atoms with Gasteiger partial charge >= 0.3 is 12.3 Å². The van der Waals surface area contributed by atoms with Crippen LogP contribution in [0.1, 0.15) is 23.0 Å². The van der Waals surface area contributed by atoms with Gasteiger partial charge in [-0.1, -0.05) is 6.07 Å². The predicted octanol–water partition coefficient (Wildman–Crippen LogP) is 1.56. The zero-order valence-electron chi connectivity index (χ0n) is 18.2. The Morgan fingerprint density at radius 2 is 1.88 bits per heavy atom. The molecule has 1 fully saturated rings. The van der Waals surface area contributed by atoms with E-state index in [-0.39, 0.29) is 41.6 Å². The van der Waals surface area contributed by atoms with Gasteiger partial charge in [0, 0.05) is 38.5 Å². The molecule has 2 aliphatic heterocycles. The number of benzene rings is 1. The summed E-state index contributed by atoms with van der Waals surface area (Å²) >= 11 is 0. The number of aliphatic hydroxyl groups excluding tert-OH is 1. The summed E-state index contributed by atoms with van der Waals surface area (Å²) in [7, 11) is 0. The molecule has 0 radical (unpaired) electrons. The minimum absolute atomic E-state index is 0.00191. The molecule has 0 bridgehead atoms. The smallest absolute Gasteiger partial charge is 0.461 e. The van der Waals surface area contributed by atoms with Gasteiger partial charge in [0.15, 0.2) is 11.5 Å². The van der Waals surface area contributed by atoms with Crippen molar-refractivity contribution >= 4 is 17.9 Å². The van der Waals surface area contributed by atoms with Gasteiger partial charge < -0.3 is 29.1 Å². The number of rotatable bonds is 6. The number of hydrogen-bond acceptors (Lipinski definition) is 8. The molecule has 0 aliphatic carbocycles. The first-order valence-corrected chi connectivity index (χ1v) is 10.5. The molecule has 3 heterocycles. The van der Waals surface area contributed by atoms with Crippen molar-refractivity contribution in [1.29, 1.82) is 0 Å². The lowest BCUT2D eigenvalue weighted by atomic mass is 10.2. The molecule has 1 saturated heterocycles. The van der Waals surface area contributed by atoms with Gasteiger partial charge in [-0.2, -0.15) is 4.98 Å². The normalized spacial score (nSPS) is 17.6. The zero-order chi connectivity index (χ0) is 24.3. The molecular formula is C22H22F2N4O6. The number of fused-ring (bicyclic) bond motifs is 1. The molecule has 4 rings (SSSR count). The molecule has 1 N–H and O–H groups in total. The van der Waals surface area contributed by atoms with Gasteiger partial charge in [0.2, 0.25) is 5.91 Å². The van der Waals surface area contributed by atoms with Crippen LogP contribution in [0.5, 0.6) is 17.5 Å². The number of aromatic nitrogens is 2. The summed E-state index contributed by atoms with van der Waals surface area (Å²) in [6.45, 7) is 2.82. The van der Waals surface area contributed by atoms with E-state index in [9.17, 15) is 23.5 Å².